The smallest absolute Gasteiger partial charge is 0.410 e. The van der Waals surface area contributed by atoms with Crippen LogP contribution in [0.5, 0.6) is 5.88 Å². The normalized spacial score (nSPS) is 13.1. The lowest BCUT2D eigenvalue weighted by Gasteiger charge is -2.24. The highest BCUT2D eigenvalue weighted by Crippen LogP contribution is 2.32. The molecule has 1 aliphatic carbocycles. The van der Waals surface area contributed by atoms with Gasteiger partial charge in [-0.05, 0) is 45.7 Å². The highest BCUT2D eigenvalue weighted by atomic mass is 35.5. The van der Waals surface area contributed by atoms with E-state index in [4.69, 9.17) is 32.7 Å². The molecule has 3 aromatic rings. The quantitative estimate of drug-likeness (QED) is 0.356. The van der Waals surface area contributed by atoms with Gasteiger partial charge in [0.1, 0.15) is 17.3 Å². The zero-order valence-corrected chi connectivity index (χ0v) is 23.0. The standard InChI is InChI=1S/C25H29Cl2N7O4/c1-25(2,3)38-24(36)33(4)10-11-34-14-15(12-29-34)30-23-28-13-17(22(32-23)37-16-8-9-16)21(35)31-20-18(26)6-5-7-19(20)27/h5-7,12-14,16H,8-11H2,1-4H3,(H,31,35)(H,28,30,32). The molecule has 0 spiro atoms. The first-order valence-corrected chi connectivity index (χ1v) is 12.8. The number of halogens is 2. The number of ether oxygens (including phenoxy) is 2. The Morgan fingerprint density at radius 3 is 2.55 bits per heavy atom. The van der Waals surface area contributed by atoms with Gasteiger partial charge in [0.2, 0.25) is 11.8 Å². The molecular formula is C25H29Cl2N7O4. The van der Waals surface area contributed by atoms with E-state index in [-0.39, 0.29) is 23.5 Å². The van der Waals surface area contributed by atoms with Crippen molar-refractivity contribution in [2.75, 3.05) is 24.2 Å². The van der Waals surface area contributed by atoms with Crippen molar-refractivity contribution < 1.29 is 19.1 Å². The van der Waals surface area contributed by atoms with E-state index in [1.54, 1.807) is 42.3 Å². The van der Waals surface area contributed by atoms with Crippen LogP contribution in [0.25, 0.3) is 0 Å². The average Bonchev–Trinajstić information content (AvgIpc) is 3.54. The minimum absolute atomic E-state index is 0.00193. The number of anilines is 3. The lowest BCUT2D eigenvalue weighted by molar-refractivity contribution is 0.0292. The second kappa shape index (κ2) is 11.4. The highest BCUT2D eigenvalue weighted by Gasteiger charge is 2.28. The predicted octanol–water partition coefficient (Wildman–Crippen LogP) is 5.38. The highest BCUT2D eigenvalue weighted by molar-refractivity contribution is 6.40. The molecule has 1 fully saturated rings. The Morgan fingerprint density at radius 1 is 1.18 bits per heavy atom. The van der Waals surface area contributed by atoms with Gasteiger partial charge >= 0.3 is 6.09 Å². The maximum absolute atomic E-state index is 13.0. The fourth-order valence-corrected chi connectivity index (χ4v) is 3.67. The minimum atomic E-state index is -0.561. The number of likely N-dealkylation sites (N-methyl/N-ethyl adjacent to an activating group) is 1. The Kier molecular flexibility index (Phi) is 8.27. The summed E-state index contributed by atoms with van der Waals surface area (Å²) in [6, 6.07) is 4.95. The molecule has 2 heterocycles. The number of carbonyl (C=O) groups excluding carboxylic acids is 2. The van der Waals surface area contributed by atoms with Crippen molar-refractivity contribution >= 4 is 52.5 Å². The van der Waals surface area contributed by atoms with Crippen LogP contribution in [0.15, 0.2) is 36.8 Å². The van der Waals surface area contributed by atoms with Crippen LogP contribution in [-0.4, -0.2) is 61.9 Å². The van der Waals surface area contributed by atoms with Crippen LogP contribution in [0.2, 0.25) is 10.0 Å². The van der Waals surface area contributed by atoms with Gasteiger partial charge < -0.3 is 25.0 Å². The van der Waals surface area contributed by atoms with Crippen LogP contribution in [-0.2, 0) is 11.3 Å². The summed E-state index contributed by atoms with van der Waals surface area (Å²) in [5, 5.41) is 10.7. The van der Waals surface area contributed by atoms with Crippen LogP contribution in [0.1, 0.15) is 44.0 Å². The number of para-hydroxylation sites is 1. The Bertz CT molecular complexity index is 1300. The molecule has 2 N–H and O–H groups in total. The van der Waals surface area contributed by atoms with E-state index in [0.29, 0.717) is 34.5 Å². The van der Waals surface area contributed by atoms with Crippen LogP contribution < -0.4 is 15.4 Å². The SMILES string of the molecule is CN(CCn1cc(Nc2ncc(C(=O)Nc3c(Cl)cccc3Cl)c(OC3CC3)n2)cn1)C(=O)OC(C)(C)C. The molecule has 2 amide bonds. The molecule has 0 atom stereocenters. The van der Waals surface area contributed by atoms with Gasteiger partial charge in [0, 0.05) is 26.0 Å². The zero-order chi connectivity index (χ0) is 27.4. The fourth-order valence-electron chi connectivity index (χ4n) is 3.18. The molecule has 1 saturated carbocycles. The van der Waals surface area contributed by atoms with E-state index in [0.717, 1.165) is 12.8 Å². The van der Waals surface area contributed by atoms with Gasteiger partial charge in [0.25, 0.3) is 5.91 Å². The van der Waals surface area contributed by atoms with E-state index in [1.807, 2.05) is 20.8 Å². The third kappa shape index (κ3) is 7.48. The Hall–Kier alpha value is -3.57. The van der Waals surface area contributed by atoms with Crippen molar-refractivity contribution in [3.63, 3.8) is 0 Å². The molecule has 2 aromatic heterocycles. The van der Waals surface area contributed by atoms with Crippen molar-refractivity contribution in [1.82, 2.24) is 24.6 Å². The van der Waals surface area contributed by atoms with Crippen molar-refractivity contribution in [2.24, 2.45) is 0 Å². The molecule has 13 heteroatoms. The predicted molar refractivity (Wildman–Crippen MR) is 144 cm³/mol. The second-order valence-corrected chi connectivity index (χ2v) is 10.6. The molecule has 11 nitrogen and oxygen atoms in total. The van der Waals surface area contributed by atoms with E-state index in [2.05, 4.69) is 25.7 Å². The van der Waals surface area contributed by atoms with Crippen LogP contribution in [0, 0.1) is 0 Å². The topological polar surface area (TPSA) is 124 Å². The first-order chi connectivity index (χ1) is 18.0. The number of hydrogen-bond acceptors (Lipinski definition) is 8. The van der Waals surface area contributed by atoms with E-state index >= 15 is 0 Å². The summed E-state index contributed by atoms with van der Waals surface area (Å²) in [6.07, 6.45) is 6.11. The first kappa shape index (κ1) is 27.5. The summed E-state index contributed by atoms with van der Waals surface area (Å²) in [5.41, 5.74) is 0.514. The van der Waals surface area contributed by atoms with Crippen molar-refractivity contribution in [3.8, 4) is 5.88 Å². The molecule has 0 saturated heterocycles. The van der Waals surface area contributed by atoms with Gasteiger partial charge in [0.15, 0.2) is 0 Å². The van der Waals surface area contributed by atoms with Crippen molar-refractivity contribution in [3.05, 3.63) is 52.4 Å². The molecule has 0 radical (unpaired) electrons. The summed E-state index contributed by atoms with van der Waals surface area (Å²) in [6.45, 7) is 6.33. The molecule has 0 aliphatic heterocycles. The first-order valence-electron chi connectivity index (χ1n) is 12.0. The average molecular weight is 562 g/mol. The van der Waals surface area contributed by atoms with Crippen LogP contribution in [0.4, 0.5) is 22.1 Å². The molecular weight excluding hydrogens is 533 g/mol. The lowest BCUT2D eigenvalue weighted by atomic mass is 10.2. The fraction of sp³-hybridized carbons (Fsp3) is 0.400. The summed E-state index contributed by atoms with van der Waals surface area (Å²) in [4.78, 5) is 35.3. The van der Waals surface area contributed by atoms with Crippen molar-refractivity contribution in [1.29, 1.82) is 0 Å². The largest absolute Gasteiger partial charge is 0.474 e. The third-order valence-electron chi connectivity index (χ3n) is 5.26. The van der Waals surface area contributed by atoms with E-state index < -0.39 is 17.6 Å². The number of amides is 2. The molecule has 4 rings (SSSR count). The summed E-state index contributed by atoms with van der Waals surface area (Å²) >= 11 is 12.4. The van der Waals surface area contributed by atoms with Gasteiger partial charge in [-0.2, -0.15) is 10.1 Å². The maximum atomic E-state index is 13.0. The second-order valence-electron chi connectivity index (χ2n) is 9.80. The Morgan fingerprint density at radius 2 is 1.89 bits per heavy atom. The monoisotopic (exact) mass is 561 g/mol. The number of benzene rings is 1. The number of aromatic nitrogens is 4. The minimum Gasteiger partial charge on any atom is -0.474 e. The van der Waals surface area contributed by atoms with Crippen LogP contribution in [0.3, 0.4) is 0 Å². The Balaban J connectivity index is 1.42. The molecule has 1 aromatic carbocycles. The van der Waals surface area contributed by atoms with Gasteiger partial charge in [-0.3, -0.25) is 9.48 Å². The maximum Gasteiger partial charge on any atom is 0.410 e. The zero-order valence-electron chi connectivity index (χ0n) is 21.5. The number of nitrogens with zero attached hydrogens (tertiary/aromatic N) is 5. The summed E-state index contributed by atoms with van der Waals surface area (Å²) in [7, 11) is 1.67. The number of hydrogen-bond donors (Lipinski definition) is 2. The molecule has 1 aliphatic rings. The number of rotatable bonds is 9. The van der Waals surface area contributed by atoms with Gasteiger partial charge in [-0.25, -0.2) is 9.78 Å². The van der Waals surface area contributed by atoms with Gasteiger partial charge in [-0.1, -0.05) is 29.3 Å². The van der Waals surface area contributed by atoms with Gasteiger partial charge in [0.05, 0.1) is 34.2 Å². The molecule has 0 unspecified atom stereocenters. The molecule has 202 valence electrons. The lowest BCUT2D eigenvalue weighted by Crippen LogP contribution is -2.36. The summed E-state index contributed by atoms with van der Waals surface area (Å²) < 4.78 is 12.9. The third-order valence-corrected chi connectivity index (χ3v) is 5.89. The van der Waals surface area contributed by atoms with Crippen molar-refractivity contribution in [2.45, 2.75) is 51.9 Å². The summed E-state index contributed by atoms with van der Waals surface area (Å²) in [5.74, 6) is -0.112. The van der Waals surface area contributed by atoms with Gasteiger partial charge in [-0.15, -0.1) is 0 Å². The number of nitrogens with one attached hydrogen (secondary N) is 2. The number of carbonyl (C=O) groups is 2. The van der Waals surface area contributed by atoms with E-state index in [9.17, 15) is 9.59 Å². The molecule has 0 bridgehead atoms. The van der Waals surface area contributed by atoms with E-state index in [1.165, 1.54) is 11.1 Å². The van der Waals surface area contributed by atoms with Crippen LogP contribution >= 0.6 is 23.2 Å². The Labute approximate surface area is 230 Å². The molecule has 38 heavy (non-hydrogen) atoms.